The summed E-state index contributed by atoms with van der Waals surface area (Å²) in [5, 5.41) is 3.53. The standard InChI is InChI=1S/C23H26N2O4/c1-3-4-14-29-21-19(28-2)11-10-17-15-18(23(27)25-20(17)21)22(26)24-13-12-16-8-6-5-7-9-16/h5-11,15H,3-4,12-14H2,1-2H3,(H,24,26)(H,25,27). The van der Waals surface area contributed by atoms with Gasteiger partial charge >= 0.3 is 0 Å². The van der Waals surface area contributed by atoms with Crippen LogP contribution < -0.4 is 20.3 Å². The summed E-state index contributed by atoms with van der Waals surface area (Å²) in [4.78, 5) is 27.9. The minimum absolute atomic E-state index is 0.0789. The number of pyridine rings is 1. The number of unbranched alkanes of at least 4 members (excludes halogenated alkanes) is 1. The number of H-pyrrole nitrogens is 1. The number of hydrogen-bond acceptors (Lipinski definition) is 4. The number of methoxy groups -OCH3 is 1. The van der Waals surface area contributed by atoms with Gasteiger partial charge in [-0.15, -0.1) is 0 Å². The molecule has 3 rings (SSSR count). The zero-order chi connectivity index (χ0) is 20.6. The Hall–Kier alpha value is -3.28. The van der Waals surface area contributed by atoms with Crippen LogP contribution in [0.1, 0.15) is 35.7 Å². The lowest BCUT2D eigenvalue weighted by Crippen LogP contribution is -2.31. The fourth-order valence-corrected chi connectivity index (χ4v) is 3.08. The molecule has 1 aromatic heterocycles. The first kappa shape index (κ1) is 20.5. The van der Waals surface area contributed by atoms with E-state index in [1.165, 1.54) is 0 Å². The number of rotatable bonds is 9. The van der Waals surface area contributed by atoms with Crippen molar-refractivity contribution < 1.29 is 14.3 Å². The molecular formula is C23H26N2O4. The largest absolute Gasteiger partial charge is 0.493 e. The summed E-state index contributed by atoms with van der Waals surface area (Å²) in [6, 6.07) is 15.0. The Bertz CT molecular complexity index is 1030. The van der Waals surface area contributed by atoms with Crippen LogP contribution in [0.5, 0.6) is 11.5 Å². The van der Waals surface area contributed by atoms with Crippen LogP contribution in [0.4, 0.5) is 0 Å². The molecule has 0 bridgehead atoms. The van der Waals surface area contributed by atoms with Crippen molar-refractivity contribution in [3.63, 3.8) is 0 Å². The number of amides is 1. The molecule has 0 unspecified atom stereocenters. The predicted octanol–water partition coefficient (Wildman–Crippen LogP) is 3.69. The van der Waals surface area contributed by atoms with E-state index in [2.05, 4.69) is 17.2 Å². The molecule has 2 aromatic carbocycles. The number of nitrogens with one attached hydrogen (secondary N) is 2. The lowest BCUT2D eigenvalue weighted by molar-refractivity contribution is 0.0953. The fourth-order valence-electron chi connectivity index (χ4n) is 3.08. The molecule has 6 heteroatoms. The van der Waals surface area contributed by atoms with Crippen molar-refractivity contribution in [1.29, 1.82) is 0 Å². The van der Waals surface area contributed by atoms with E-state index in [1.807, 2.05) is 30.3 Å². The quantitative estimate of drug-likeness (QED) is 0.543. The second-order valence-corrected chi connectivity index (χ2v) is 6.77. The van der Waals surface area contributed by atoms with Crippen LogP contribution in [0.2, 0.25) is 0 Å². The molecule has 0 aliphatic carbocycles. The molecule has 1 amide bonds. The number of hydrogen-bond donors (Lipinski definition) is 2. The first-order chi connectivity index (χ1) is 14.1. The summed E-state index contributed by atoms with van der Waals surface area (Å²) >= 11 is 0. The second kappa shape index (κ2) is 9.78. The van der Waals surface area contributed by atoms with E-state index in [4.69, 9.17) is 9.47 Å². The molecule has 0 fully saturated rings. The van der Waals surface area contributed by atoms with Gasteiger partial charge in [-0.05, 0) is 36.6 Å². The maximum atomic E-state index is 12.6. The summed E-state index contributed by atoms with van der Waals surface area (Å²) in [5.41, 5.74) is 1.28. The first-order valence-corrected chi connectivity index (χ1v) is 9.83. The first-order valence-electron chi connectivity index (χ1n) is 9.83. The van der Waals surface area contributed by atoms with Gasteiger partial charge in [0.1, 0.15) is 5.56 Å². The van der Waals surface area contributed by atoms with E-state index >= 15 is 0 Å². The van der Waals surface area contributed by atoms with E-state index in [-0.39, 0.29) is 5.56 Å². The minimum atomic E-state index is -0.455. The molecule has 0 aliphatic heterocycles. The molecule has 3 aromatic rings. The normalized spacial score (nSPS) is 10.7. The number of carbonyl (C=O) groups excluding carboxylic acids is 1. The van der Waals surface area contributed by atoms with Gasteiger partial charge in [0.2, 0.25) is 0 Å². The maximum absolute atomic E-state index is 12.6. The molecule has 1 heterocycles. The average Bonchev–Trinajstić information content (AvgIpc) is 2.74. The molecule has 0 saturated carbocycles. The number of carbonyl (C=O) groups is 1. The van der Waals surface area contributed by atoms with Crippen molar-refractivity contribution in [2.75, 3.05) is 20.3 Å². The Labute approximate surface area is 169 Å². The van der Waals surface area contributed by atoms with Gasteiger partial charge in [0.15, 0.2) is 11.5 Å². The van der Waals surface area contributed by atoms with E-state index < -0.39 is 11.5 Å². The van der Waals surface area contributed by atoms with E-state index in [0.717, 1.165) is 18.4 Å². The number of aromatic amines is 1. The lowest BCUT2D eigenvalue weighted by atomic mass is 10.1. The van der Waals surface area contributed by atoms with Crippen LogP contribution in [-0.2, 0) is 6.42 Å². The van der Waals surface area contributed by atoms with Crippen LogP contribution >= 0.6 is 0 Å². The lowest BCUT2D eigenvalue weighted by Gasteiger charge is -2.13. The Morgan fingerprint density at radius 3 is 2.66 bits per heavy atom. The third kappa shape index (κ3) is 4.96. The third-order valence-corrected chi connectivity index (χ3v) is 4.69. The van der Waals surface area contributed by atoms with Gasteiger partial charge in [-0.25, -0.2) is 0 Å². The Kier molecular flexibility index (Phi) is 6.89. The van der Waals surface area contributed by atoms with Crippen LogP contribution in [0, 0.1) is 0 Å². The maximum Gasteiger partial charge on any atom is 0.261 e. The summed E-state index contributed by atoms with van der Waals surface area (Å²) in [5.74, 6) is 0.643. The molecule has 0 atom stereocenters. The van der Waals surface area contributed by atoms with Gasteiger partial charge in [0, 0.05) is 11.9 Å². The predicted molar refractivity (Wildman–Crippen MR) is 114 cm³/mol. The number of benzene rings is 2. The van der Waals surface area contributed by atoms with Gasteiger partial charge in [0.25, 0.3) is 11.5 Å². The highest BCUT2D eigenvalue weighted by Gasteiger charge is 2.16. The molecular weight excluding hydrogens is 368 g/mol. The van der Waals surface area contributed by atoms with Crippen molar-refractivity contribution in [2.24, 2.45) is 0 Å². The topological polar surface area (TPSA) is 80.4 Å². The molecule has 0 saturated heterocycles. The number of ether oxygens (including phenoxy) is 2. The Morgan fingerprint density at radius 2 is 1.93 bits per heavy atom. The summed E-state index contributed by atoms with van der Waals surface area (Å²) in [6.45, 7) is 3.05. The smallest absolute Gasteiger partial charge is 0.261 e. The van der Waals surface area contributed by atoms with E-state index in [0.29, 0.717) is 42.0 Å². The van der Waals surface area contributed by atoms with Gasteiger partial charge in [0.05, 0.1) is 19.2 Å². The number of aromatic nitrogens is 1. The zero-order valence-electron chi connectivity index (χ0n) is 16.8. The Morgan fingerprint density at radius 1 is 1.14 bits per heavy atom. The SMILES string of the molecule is CCCCOc1c(OC)ccc2cc(C(=O)NCCc3ccccc3)c(=O)[nH]c12. The van der Waals surface area contributed by atoms with Crippen molar-refractivity contribution >= 4 is 16.8 Å². The third-order valence-electron chi connectivity index (χ3n) is 4.69. The highest BCUT2D eigenvalue weighted by Crippen LogP contribution is 2.34. The summed E-state index contributed by atoms with van der Waals surface area (Å²) in [6.07, 6.45) is 2.59. The molecule has 29 heavy (non-hydrogen) atoms. The zero-order valence-corrected chi connectivity index (χ0v) is 16.8. The van der Waals surface area contributed by atoms with Crippen molar-refractivity contribution in [2.45, 2.75) is 26.2 Å². The van der Waals surface area contributed by atoms with Gasteiger partial charge < -0.3 is 19.8 Å². The van der Waals surface area contributed by atoms with Crippen LogP contribution in [0.3, 0.4) is 0 Å². The molecule has 152 valence electrons. The Balaban J connectivity index is 1.81. The van der Waals surface area contributed by atoms with E-state index in [1.54, 1.807) is 25.3 Å². The highest BCUT2D eigenvalue weighted by molar-refractivity contribution is 5.98. The molecule has 6 nitrogen and oxygen atoms in total. The van der Waals surface area contributed by atoms with Gasteiger partial charge in [-0.1, -0.05) is 43.7 Å². The summed E-state index contributed by atoms with van der Waals surface area (Å²) < 4.78 is 11.2. The van der Waals surface area contributed by atoms with Crippen LogP contribution in [-0.4, -0.2) is 31.2 Å². The molecule has 0 spiro atoms. The van der Waals surface area contributed by atoms with Crippen LogP contribution in [0.25, 0.3) is 10.9 Å². The van der Waals surface area contributed by atoms with Crippen molar-refractivity contribution in [1.82, 2.24) is 10.3 Å². The average molecular weight is 394 g/mol. The van der Waals surface area contributed by atoms with E-state index in [9.17, 15) is 9.59 Å². The molecule has 0 aliphatic rings. The van der Waals surface area contributed by atoms with Gasteiger partial charge in [-0.3, -0.25) is 9.59 Å². The second-order valence-electron chi connectivity index (χ2n) is 6.77. The fraction of sp³-hybridized carbons (Fsp3) is 0.304. The number of fused-ring (bicyclic) bond motifs is 1. The highest BCUT2D eigenvalue weighted by atomic mass is 16.5. The monoisotopic (exact) mass is 394 g/mol. The van der Waals surface area contributed by atoms with Gasteiger partial charge in [-0.2, -0.15) is 0 Å². The van der Waals surface area contributed by atoms with Crippen molar-refractivity contribution in [3.05, 3.63) is 70.0 Å². The molecule has 0 radical (unpaired) electrons. The summed E-state index contributed by atoms with van der Waals surface area (Å²) in [7, 11) is 1.56. The minimum Gasteiger partial charge on any atom is -0.493 e. The van der Waals surface area contributed by atoms with Crippen LogP contribution in [0.15, 0.2) is 53.3 Å². The van der Waals surface area contributed by atoms with Crippen molar-refractivity contribution in [3.8, 4) is 11.5 Å². The molecule has 2 N–H and O–H groups in total.